The van der Waals surface area contributed by atoms with Crippen molar-refractivity contribution >= 4 is 44.4 Å². The van der Waals surface area contributed by atoms with Crippen LogP contribution in [0.4, 0.5) is 10.8 Å². The van der Waals surface area contributed by atoms with E-state index in [-0.39, 0.29) is 11.6 Å². The number of benzene rings is 2. The largest absolute Gasteiger partial charge is 0.493 e. The van der Waals surface area contributed by atoms with Crippen LogP contribution in [-0.2, 0) is 4.79 Å². The number of nitrogens with one attached hydrogen (secondary N) is 1. The number of anilines is 1. The smallest absolute Gasteiger partial charge is 0.270 e. The lowest BCUT2D eigenvalue weighted by Crippen LogP contribution is -2.07. The van der Waals surface area contributed by atoms with Crippen LogP contribution >= 0.6 is 11.3 Å². The van der Waals surface area contributed by atoms with E-state index in [4.69, 9.17) is 9.47 Å². The number of rotatable bonds is 9. The van der Waals surface area contributed by atoms with Gasteiger partial charge in [0.15, 0.2) is 16.6 Å². The molecule has 1 N–H and O–H groups in total. The number of non-ortho nitro benzene ring substituents is 1. The number of thiazole rings is 1. The lowest BCUT2D eigenvalue weighted by atomic mass is 10.1. The first-order valence-corrected chi connectivity index (χ1v) is 10.5. The van der Waals surface area contributed by atoms with E-state index < -0.39 is 4.92 Å². The van der Waals surface area contributed by atoms with Crippen LogP contribution in [0.25, 0.3) is 16.3 Å². The van der Waals surface area contributed by atoms with Crippen molar-refractivity contribution in [3.8, 4) is 11.5 Å². The number of hydrogen-bond donors (Lipinski definition) is 1. The van der Waals surface area contributed by atoms with Crippen LogP contribution in [0.5, 0.6) is 11.5 Å². The minimum atomic E-state index is -0.463. The molecule has 2 aromatic carbocycles. The van der Waals surface area contributed by atoms with E-state index in [1.165, 1.54) is 29.5 Å². The van der Waals surface area contributed by atoms with Gasteiger partial charge in [0.1, 0.15) is 0 Å². The SMILES string of the molecule is COc1cc(/C=C/C(=O)Nc2nc3ccc([N+](=O)[O-])cc3s2)ccc1OCCC(C)C. The number of carbonyl (C=O) groups excluding carboxylic acids is 1. The zero-order valence-corrected chi connectivity index (χ0v) is 18.3. The summed E-state index contributed by atoms with van der Waals surface area (Å²) in [5.41, 5.74) is 1.36. The van der Waals surface area contributed by atoms with Gasteiger partial charge in [-0.05, 0) is 42.2 Å². The van der Waals surface area contributed by atoms with Crippen LogP contribution < -0.4 is 14.8 Å². The molecule has 0 unspecified atom stereocenters. The van der Waals surface area contributed by atoms with Crippen molar-refractivity contribution in [3.63, 3.8) is 0 Å². The molecule has 3 rings (SSSR count). The van der Waals surface area contributed by atoms with Crippen molar-refractivity contribution in [3.05, 3.63) is 58.2 Å². The Labute approximate surface area is 183 Å². The molecule has 162 valence electrons. The first-order chi connectivity index (χ1) is 14.9. The molecule has 0 spiro atoms. The van der Waals surface area contributed by atoms with Crippen LogP contribution in [-0.4, -0.2) is 29.5 Å². The standard InChI is InChI=1S/C22H23N3O5S/c1-14(2)10-11-30-18-8-4-15(12-19(18)29-3)5-9-21(26)24-22-23-17-7-6-16(25(27)28)13-20(17)31-22/h4-9,12-14H,10-11H2,1-3H3,(H,23,24,26)/b9-5+. The summed E-state index contributed by atoms with van der Waals surface area (Å²) in [5, 5.41) is 13.9. The molecule has 0 aliphatic rings. The predicted molar refractivity (Wildman–Crippen MR) is 122 cm³/mol. The number of fused-ring (bicyclic) bond motifs is 1. The molecule has 0 aliphatic heterocycles. The Balaban J connectivity index is 1.65. The molecule has 0 saturated carbocycles. The van der Waals surface area contributed by atoms with E-state index >= 15 is 0 Å². The molecule has 1 aromatic heterocycles. The average Bonchev–Trinajstić information content (AvgIpc) is 3.13. The third-order valence-electron chi connectivity index (χ3n) is 4.38. The number of ether oxygens (including phenoxy) is 2. The Morgan fingerprint density at radius 3 is 2.77 bits per heavy atom. The van der Waals surface area contributed by atoms with E-state index in [0.717, 1.165) is 12.0 Å². The zero-order valence-electron chi connectivity index (χ0n) is 17.5. The van der Waals surface area contributed by atoms with Gasteiger partial charge in [-0.2, -0.15) is 0 Å². The van der Waals surface area contributed by atoms with Gasteiger partial charge in [0.2, 0.25) is 5.91 Å². The van der Waals surface area contributed by atoms with Gasteiger partial charge in [-0.25, -0.2) is 4.98 Å². The molecule has 0 aliphatic carbocycles. The fourth-order valence-corrected chi connectivity index (χ4v) is 3.61. The number of nitro groups is 1. The molecule has 9 heteroatoms. The molecule has 1 heterocycles. The highest BCUT2D eigenvalue weighted by Gasteiger charge is 2.11. The van der Waals surface area contributed by atoms with E-state index in [2.05, 4.69) is 24.1 Å². The second kappa shape index (κ2) is 10.0. The fourth-order valence-electron chi connectivity index (χ4n) is 2.71. The molecule has 0 atom stereocenters. The number of amides is 1. The average molecular weight is 442 g/mol. The second-order valence-corrected chi connectivity index (χ2v) is 8.22. The molecule has 0 saturated heterocycles. The maximum Gasteiger partial charge on any atom is 0.270 e. The topological polar surface area (TPSA) is 104 Å². The third kappa shape index (κ3) is 6.02. The normalized spacial score (nSPS) is 11.2. The number of carbonyl (C=O) groups is 1. The van der Waals surface area contributed by atoms with Gasteiger partial charge >= 0.3 is 0 Å². The fraction of sp³-hybridized carbons (Fsp3) is 0.273. The quantitative estimate of drug-likeness (QED) is 0.275. The van der Waals surface area contributed by atoms with E-state index in [0.29, 0.717) is 39.4 Å². The molecule has 8 nitrogen and oxygen atoms in total. The van der Waals surface area contributed by atoms with Crippen molar-refractivity contribution in [2.75, 3.05) is 19.0 Å². The lowest BCUT2D eigenvalue weighted by Gasteiger charge is -2.12. The van der Waals surface area contributed by atoms with E-state index in [1.807, 2.05) is 12.1 Å². The van der Waals surface area contributed by atoms with Crippen molar-refractivity contribution < 1.29 is 19.2 Å². The summed E-state index contributed by atoms with van der Waals surface area (Å²) in [7, 11) is 1.57. The van der Waals surface area contributed by atoms with Gasteiger partial charge in [-0.3, -0.25) is 20.2 Å². The van der Waals surface area contributed by atoms with Gasteiger partial charge in [-0.1, -0.05) is 31.3 Å². The highest BCUT2D eigenvalue weighted by atomic mass is 32.1. The Kier molecular flexibility index (Phi) is 7.19. The Morgan fingerprint density at radius 1 is 1.26 bits per heavy atom. The van der Waals surface area contributed by atoms with Crippen LogP contribution in [0.1, 0.15) is 25.8 Å². The second-order valence-electron chi connectivity index (χ2n) is 7.19. The maximum absolute atomic E-state index is 12.3. The molecule has 0 fully saturated rings. The summed E-state index contributed by atoms with van der Waals surface area (Å²) in [4.78, 5) is 27.0. The molecule has 0 bridgehead atoms. The monoisotopic (exact) mass is 441 g/mol. The zero-order chi connectivity index (χ0) is 22.4. The Morgan fingerprint density at radius 2 is 2.06 bits per heavy atom. The Bertz CT molecular complexity index is 1120. The van der Waals surface area contributed by atoms with E-state index in [1.54, 1.807) is 25.3 Å². The van der Waals surface area contributed by atoms with Gasteiger partial charge in [0, 0.05) is 18.2 Å². The highest BCUT2D eigenvalue weighted by molar-refractivity contribution is 7.22. The van der Waals surface area contributed by atoms with Crippen LogP contribution in [0, 0.1) is 16.0 Å². The maximum atomic E-state index is 12.3. The molecular formula is C22H23N3O5S. The van der Waals surface area contributed by atoms with Crippen LogP contribution in [0.2, 0.25) is 0 Å². The van der Waals surface area contributed by atoms with Crippen molar-refractivity contribution in [1.29, 1.82) is 0 Å². The molecule has 0 radical (unpaired) electrons. The summed E-state index contributed by atoms with van der Waals surface area (Å²) in [6, 6.07) is 9.84. The summed E-state index contributed by atoms with van der Waals surface area (Å²) >= 11 is 1.18. The first kappa shape index (κ1) is 22.2. The van der Waals surface area contributed by atoms with Gasteiger partial charge in [-0.15, -0.1) is 0 Å². The summed E-state index contributed by atoms with van der Waals surface area (Å²) in [6.07, 6.45) is 4.00. The van der Waals surface area contributed by atoms with Gasteiger partial charge < -0.3 is 9.47 Å². The van der Waals surface area contributed by atoms with Crippen molar-refractivity contribution in [1.82, 2.24) is 4.98 Å². The van der Waals surface area contributed by atoms with Crippen molar-refractivity contribution in [2.45, 2.75) is 20.3 Å². The Hall–Kier alpha value is -3.46. The highest BCUT2D eigenvalue weighted by Crippen LogP contribution is 2.30. The lowest BCUT2D eigenvalue weighted by molar-refractivity contribution is -0.384. The number of aromatic nitrogens is 1. The van der Waals surface area contributed by atoms with E-state index in [9.17, 15) is 14.9 Å². The number of nitrogens with zero attached hydrogens (tertiary/aromatic N) is 2. The van der Waals surface area contributed by atoms with Crippen molar-refractivity contribution in [2.24, 2.45) is 5.92 Å². The number of methoxy groups -OCH3 is 1. The predicted octanol–water partition coefficient (Wildman–Crippen LogP) is 5.29. The van der Waals surface area contributed by atoms with Gasteiger partial charge in [0.05, 0.1) is 28.9 Å². The summed E-state index contributed by atoms with van der Waals surface area (Å²) in [6.45, 7) is 4.88. The first-order valence-electron chi connectivity index (χ1n) is 9.70. The third-order valence-corrected chi connectivity index (χ3v) is 5.31. The van der Waals surface area contributed by atoms with Crippen LogP contribution in [0.3, 0.4) is 0 Å². The number of hydrogen-bond acceptors (Lipinski definition) is 7. The minimum Gasteiger partial charge on any atom is -0.493 e. The summed E-state index contributed by atoms with van der Waals surface area (Å²) < 4.78 is 11.8. The molecule has 1 amide bonds. The molecule has 31 heavy (non-hydrogen) atoms. The molecular weight excluding hydrogens is 418 g/mol. The molecule has 3 aromatic rings. The van der Waals surface area contributed by atoms with Crippen LogP contribution in [0.15, 0.2) is 42.5 Å². The van der Waals surface area contributed by atoms with Gasteiger partial charge in [0.25, 0.3) is 5.69 Å². The summed E-state index contributed by atoms with van der Waals surface area (Å²) in [5.74, 6) is 1.45. The minimum absolute atomic E-state index is 0.0144. The number of nitro benzene ring substituents is 1.